The maximum atomic E-state index is 4.05. The van der Waals surface area contributed by atoms with Gasteiger partial charge >= 0.3 is 0 Å². The molecule has 0 aliphatic carbocycles. The van der Waals surface area contributed by atoms with Gasteiger partial charge in [-0.1, -0.05) is 56.2 Å². The Morgan fingerprint density at radius 3 is 2.43 bits per heavy atom. The predicted molar refractivity (Wildman–Crippen MR) is 97.3 cm³/mol. The molecular weight excluding hydrogens is 272 g/mol. The number of rotatable bonds is 5. The summed E-state index contributed by atoms with van der Waals surface area (Å²) in [4.78, 5) is 0. The molecule has 3 rings (SSSR count). The summed E-state index contributed by atoms with van der Waals surface area (Å²) >= 11 is 1.91. The lowest BCUT2D eigenvalue weighted by Crippen LogP contribution is -1.84. The van der Waals surface area contributed by atoms with Crippen LogP contribution < -0.4 is 0 Å². The Morgan fingerprint density at radius 1 is 1.00 bits per heavy atom. The Labute approximate surface area is 131 Å². The van der Waals surface area contributed by atoms with Crippen LogP contribution in [0.1, 0.15) is 44.2 Å². The summed E-state index contributed by atoms with van der Waals surface area (Å²) in [6.45, 7) is 8.37. The standard InChI is InChI=1S/C20H22S/c1-4-5-6-7-15-8-10-17-18-11-9-16(14(2)3)13-20(18)21-19(17)12-15/h8-13H,2,4-7H2,1,3H3. The largest absolute Gasteiger partial charge is 0.135 e. The molecular formula is C20H22S. The number of hydrogen-bond donors (Lipinski definition) is 0. The van der Waals surface area contributed by atoms with Gasteiger partial charge in [-0.2, -0.15) is 0 Å². The van der Waals surface area contributed by atoms with Crippen molar-refractivity contribution in [2.75, 3.05) is 0 Å². The predicted octanol–water partition coefficient (Wildman–Crippen LogP) is 6.82. The highest BCUT2D eigenvalue weighted by atomic mass is 32.1. The number of fused-ring (bicyclic) bond motifs is 3. The zero-order valence-electron chi connectivity index (χ0n) is 12.9. The van der Waals surface area contributed by atoms with Crippen LogP contribution in [0.2, 0.25) is 0 Å². The summed E-state index contributed by atoms with van der Waals surface area (Å²) in [5, 5.41) is 2.77. The highest BCUT2D eigenvalue weighted by Gasteiger charge is 2.07. The van der Waals surface area contributed by atoms with Gasteiger partial charge in [0.05, 0.1) is 0 Å². The third kappa shape index (κ3) is 2.89. The molecule has 2 aromatic carbocycles. The van der Waals surface area contributed by atoms with Gasteiger partial charge in [0.15, 0.2) is 0 Å². The summed E-state index contributed by atoms with van der Waals surface area (Å²) < 4.78 is 2.79. The molecule has 0 saturated heterocycles. The van der Waals surface area contributed by atoms with Crippen molar-refractivity contribution in [2.45, 2.75) is 39.5 Å². The normalized spacial score (nSPS) is 11.3. The second kappa shape index (κ2) is 6.03. The molecule has 0 fully saturated rings. The molecule has 0 N–H and O–H groups in total. The van der Waals surface area contributed by atoms with Crippen LogP contribution in [-0.2, 0) is 6.42 Å². The van der Waals surface area contributed by atoms with Crippen molar-refractivity contribution in [3.8, 4) is 0 Å². The summed E-state index contributed by atoms with van der Waals surface area (Å²) in [7, 11) is 0. The van der Waals surface area contributed by atoms with Crippen molar-refractivity contribution in [3.63, 3.8) is 0 Å². The fraction of sp³-hybridized carbons (Fsp3) is 0.300. The van der Waals surface area contributed by atoms with Crippen LogP contribution in [0.3, 0.4) is 0 Å². The van der Waals surface area contributed by atoms with Crippen molar-refractivity contribution >= 4 is 37.1 Å². The third-order valence-corrected chi connectivity index (χ3v) is 5.21. The second-order valence-electron chi connectivity index (χ2n) is 5.88. The summed E-state index contributed by atoms with van der Waals surface area (Å²) in [6.07, 6.45) is 5.11. The van der Waals surface area contributed by atoms with Crippen LogP contribution in [0.25, 0.3) is 25.7 Å². The Kier molecular flexibility index (Phi) is 4.12. The maximum absolute atomic E-state index is 4.05. The minimum Gasteiger partial charge on any atom is -0.135 e. The molecule has 0 amide bonds. The number of allylic oxidation sites excluding steroid dienone is 1. The van der Waals surface area contributed by atoms with Crippen molar-refractivity contribution in [3.05, 3.63) is 54.1 Å². The molecule has 1 heterocycles. The van der Waals surface area contributed by atoms with Crippen molar-refractivity contribution in [1.82, 2.24) is 0 Å². The molecule has 0 radical (unpaired) electrons. The lowest BCUT2D eigenvalue weighted by atomic mass is 10.0. The van der Waals surface area contributed by atoms with E-state index in [1.807, 2.05) is 11.3 Å². The molecule has 108 valence electrons. The molecule has 0 aliphatic heterocycles. The summed E-state index contributed by atoms with van der Waals surface area (Å²) in [5.41, 5.74) is 3.86. The molecule has 0 unspecified atom stereocenters. The third-order valence-electron chi connectivity index (χ3n) is 4.10. The van der Waals surface area contributed by atoms with Gasteiger partial charge < -0.3 is 0 Å². The Balaban J connectivity index is 2.01. The van der Waals surface area contributed by atoms with Crippen LogP contribution >= 0.6 is 11.3 Å². The number of unbranched alkanes of at least 4 members (excludes halogenated alkanes) is 2. The zero-order chi connectivity index (χ0) is 14.8. The topological polar surface area (TPSA) is 0 Å². The Bertz CT molecular complexity index is 792. The lowest BCUT2D eigenvalue weighted by Gasteiger charge is -2.01. The highest BCUT2D eigenvalue weighted by molar-refractivity contribution is 7.25. The van der Waals surface area contributed by atoms with Gasteiger partial charge in [0.2, 0.25) is 0 Å². The van der Waals surface area contributed by atoms with Crippen LogP contribution in [0, 0.1) is 0 Å². The van der Waals surface area contributed by atoms with Gasteiger partial charge in [-0.25, -0.2) is 0 Å². The SMILES string of the molecule is C=C(C)c1ccc2c(c1)sc1cc(CCCCC)ccc12. The van der Waals surface area contributed by atoms with Gasteiger partial charge in [-0.05, 0) is 43.0 Å². The summed E-state index contributed by atoms with van der Waals surface area (Å²) in [5.74, 6) is 0. The van der Waals surface area contributed by atoms with E-state index in [1.165, 1.54) is 57.0 Å². The van der Waals surface area contributed by atoms with E-state index < -0.39 is 0 Å². The molecule has 21 heavy (non-hydrogen) atoms. The maximum Gasteiger partial charge on any atom is 0.0361 e. The average Bonchev–Trinajstić information content (AvgIpc) is 2.84. The monoisotopic (exact) mass is 294 g/mol. The zero-order valence-corrected chi connectivity index (χ0v) is 13.7. The number of aryl methyl sites for hydroxylation is 1. The van der Waals surface area contributed by atoms with Gasteiger partial charge in [0.1, 0.15) is 0 Å². The van der Waals surface area contributed by atoms with Crippen molar-refractivity contribution in [2.24, 2.45) is 0 Å². The van der Waals surface area contributed by atoms with E-state index in [1.54, 1.807) is 0 Å². The first-order valence-electron chi connectivity index (χ1n) is 7.80. The van der Waals surface area contributed by atoms with E-state index in [9.17, 15) is 0 Å². The van der Waals surface area contributed by atoms with E-state index in [4.69, 9.17) is 0 Å². The Hall–Kier alpha value is -1.60. The molecule has 1 heteroatoms. The van der Waals surface area contributed by atoms with E-state index in [-0.39, 0.29) is 0 Å². The fourth-order valence-corrected chi connectivity index (χ4v) is 4.03. The fourth-order valence-electron chi connectivity index (χ4n) is 2.82. The van der Waals surface area contributed by atoms with E-state index in [0.717, 1.165) is 5.57 Å². The lowest BCUT2D eigenvalue weighted by molar-refractivity contribution is 0.718. The van der Waals surface area contributed by atoms with Crippen molar-refractivity contribution in [1.29, 1.82) is 0 Å². The Morgan fingerprint density at radius 2 is 1.71 bits per heavy atom. The molecule has 0 bridgehead atoms. The molecule has 0 nitrogen and oxygen atoms in total. The van der Waals surface area contributed by atoms with Gasteiger partial charge in [0, 0.05) is 20.2 Å². The number of benzene rings is 2. The second-order valence-corrected chi connectivity index (χ2v) is 6.96. The first-order valence-corrected chi connectivity index (χ1v) is 8.62. The molecule has 1 aromatic heterocycles. The van der Waals surface area contributed by atoms with Gasteiger partial charge in [-0.3, -0.25) is 0 Å². The van der Waals surface area contributed by atoms with Crippen molar-refractivity contribution < 1.29 is 0 Å². The number of hydrogen-bond acceptors (Lipinski definition) is 1. The van der Waals surface area contributed by atoms with Crippen LogP contribution in [-0.4, -0.2) is 0 Å². The van der Waals surface area contributed by atoms with Crippen LogP contribution in [0.5, 0.6) is 0 Å². The molecule has 0 aliphatic rings. The molecule has 3 aromatic rings. The van der Waals surface area contributed by atoms with E-state index in [2.05, 4.69) is 56.8 Å². The van der Waals surface area contributed by atoms with E-state index in [0.29, 0.717) is 0 Å². The molecule has 0 saturated carbocycles. The van der Waals surface area contributed by atoms with E-state index >= 15 is 0 Å². The first-order chi connectivity index (χ1) is 10.2. The minimum atomic E-state index is 1.13. The van der Waals surface area contributed by atoms with Gasteiger partial charge in [0.25, 0.3) is 0 Å². The van der Waals surface area contributed by atoms with Gasteiger partial charge in [-0.15, -0.1) is 11.3 Å². The summed E-state index contributed by atoms with van der Waals surface area (Å²) in [6, 6.07) is 13.7. The first kappa shape index (κ1) is 14.3. The van der Waals surface area contributed by atoms with Crippen LogP contribution in [0.4, 0.5) is 0 Å². The highest BCUT2D eigenvalue weighted by Crippen LogP contribution is 2.35. The quantitative estimate of drug-likeness (QED) is 0.453. The molecule has 0 spiro atoms. The average molecular weight is 294 g/mol. The smallest absolute Gasteiger partial charge is 0.0361 e. The number of thiophene rings is 1. The van der Waals surface area contributed by atoms with Crippen LogP contribution in [0.15, 0.2) is 43.0 Å². The molecule has 0 atom stereocenters. The minimum absolute atomic E-state index is 1.13.